The Hall–Kier alpha value is -1.57. The van der Waals surface area contributed by atoms with Crippen molar-refractivity contribution in [1.29, 1.82) is 0 Å². The quantitative estimate of drug-likeness (QED) is 0.904. The molecule has 0 unspecified atom stereocenters. The Kier molecular flexibility index (Phi) is 3.64. The van der Waals surface area contributed by atoms with Gasteiger partial charge in [-0.15, -0.1) is 4.41 Å². The van der Waals surface area contributed by atoms with E-state index in [2.05, 4.69) is 21.4 Å². The molecule has 21 heavy (non-hydrogen) atoms. The summed E-state index contributed by atoms with van der Waals surface area (Å²) in [4.78, 5) is 0. The number of benzene rings is 1. The molecule has 1 N–H and O–H groups in total. The summed E-state index contributed by atoms with van der Waals surface area (Å²) < 4.78 is 31.5. The van der Waals surface area contributed by atoms with Crippen LogP contribution >= 0.6 is 15.9 Å². The molecule has 1 atom stereocenters. The minimum Gasteiger partial charge on any atom is -0.463 e. The SMILES string of the molecule is CS(=O)(=O)N1NC(c2ccco2)=C[C@H]1c1ccc(Br)cc1. The average Bonchev–Trinajstić information content (AvgIpc) is 3.07. The van der Waals surface area contributed by atoms with Crippen LogP contribution in [0.1, 0.15) is 17.4 Å². The van der Waals surface area contributed by atoms with E-state index in [0.29, 0.717) is 11.5 Å². The molecule has 1 aliphatic heterocycles. The predicted octanol–water partition coefficient (Wildman–Crippen LogP) is 2.90. The second-order valence-corrected chi connectivity index (χ2v) is 7.50. The van der Waals surface area contributed by atoms with Gasteiger partial charge in [-0.05, 0) is 35.9 Å². The number of nitrogens with one attached hydrogen (secondary N) is 1. The van der Waals surface area contributed by atoms with Crippen molar-refractivity contribution >= 4 is 31.7 Å². The molecule has 0 spiro atoms. The largest absolute Gasteiger partial charge is 0.463 e. The van der Waals surface area contributed by atoms with E-state index in [1.54, 1.807) is 18.4 Å². The Morgan fingerprint density at radius 1 is 1.24 bits per heavy atom. The first-order chi connectivity index (χ1) is 9.95. The van der Waals surface area contributed by atoms with E-state index in [1.165, 1.54) is 10.7 Å². The molecule has 3 rings (SSSR count). The van der Waals surface area contributed by atoms with Crippen LogP contribution in [0.15, 0.2) is 57.6 Å². The maximum absolute atomic E-state index is 12.0. The number of nitrogens with zero attached hydrogens (tertiary/aromatic N) is 1. The Morgan fingerprint density at radius 3 is 2.52 bits per heavy atom. The second kappa shape index (κ2) is 5.32. The Morgan fingerprint density at radius 2 is 1.95 bits per heavy atom. The van der Waals surface area contributed by atoms with Gasteiger partial charge in [-0.25, -0.2) is 8.42 Å². The van der Waals surface area contributed by atoms with Crippen LogP contribution < -0.4 is 5.43 Å². The van der Waals surface area contributed by atoms with Crippen molar-refractivity contribution in [2.45, 2.75) is 6.04 Å². The van der Waals surface area contributed by atoms with Gasteiger partial charge in [-0.2, -0.15) is 0 Å². The maximum atomic E-state index is 12.0. The van der Waals surface area contributed by atoms with E-state index in [9.17, 15) is 8.42 Å². The lowest BCUT2D eigenvalue weighted by atomic mass is 10.1. The first-order valence-corrected chi connectivity index (χ1v) is 8.86. The minimum absolute atomic E-state index is 0.409. The number of halogens is 1. The first kappa shape index (κ1) is 14.4. The molecule has 1 aromatic heterocycles. The van der Waals surface area contributed by atoms with Gasteiger partial charge in [0.25, 0.3) is 0 Å². The van der Waals surface area contributed by atoms with Gasteiger partial charge in [0.1, 0.15) is 0 Å². The summed E-state index contributed by atoms with van der Waals surface area (Å²) in [7, 11) is -3.42. The van der Waals surface area contributed by atoms with Crippen molar-refractivity contribution < 1.29 is 12.8 Å². The fourth-order valence-corrected chi connectivity index (χ4v) is 3.32. The predicted molar refractivity (Wildman–Crippen MR) is 83.4 cm³/mol. The van der Waals surface area contributed by atoms with Crippen LogP contribution in [0.4, 0.5) is 0 Å². The molecule has 0 bridgehead atoms. The third kappa shape index (κ3) is 2.90. The van der Waals surface area contributed by atoms with Gasteiger partial charge in [0.05, 0.1) is 24.3 Å². The normalized spacial score (nSPS) is 19.3. The smallest absolute Gasteiger partial charge is 0.228 e. The highest BCUT2D eigenvalue weighted by Crippen LogP contribution is 2.33. The van der Waals surface area contributed by atoms with Crippen LogP contribution in [0, 0.1) is 0 Å². The summed E-state index contributed by atoms with van der Waals surface area (Å²) >= 11 is 3.37. The molecule has 5 nitrogen and oxygen atoms in total. The van der Waals surface area contributed by atoms with Gasteiger partial charge in [-0.3, -0.25) is 0 Å². The third-order valence-corrected chi connectivity index (χ3v) is 4.72. The molecule has 0 aliphatic carbocycles. The molecule has 0 saturated carbocycles. The van der Waals surface area contributed by atoms with Crippen molar-refractivity contribution in [3.63, 3.8) is 0 Å². The zero-order chi connectivity index (χ0) is 15.0. The number of furan rings is 1. The van der Waals surface area contributed by atoms with Crippen LogP contribution in [-0.4, -0.2) is 19.1 Å². The van der Waals surface area contributed by atoms with Crippen molar-refractivity contribution in [2.24, 2.45) is 0 Å². The lowest BCUT2D eigenvalue weighted by Crippen LogP contribution is -2.38. The molecule has 1 aromatic carbocycles. The number of rotatable bonds is 3. The zero-order valence-electron chi connectivity index (χ0n) is 11.2. The number of hydrazine groups is 1. The van der Waals surface area contributed by atoms with Crippen molar-refractivity contribution in [2.75, 3.05) is 6.26 Å². The molecular weight excluding hydrogens is 356 g/mol. The fraction of sp³-hybridized carbons (Fsp3) is 0.143. The Bertz CT molecular complexity index is 767. The molecule has 0 radical (unpaired) electrons. The van der Waals surface area contributed by atoms with Gasteiger partial charge in [0, 0.05) is 4.47 Å². The number of sulfonamides is 1. The van der Waals surface area contributed by atoms with Gasteiger partial charge >= 0.3 is 0 Å². The summed E-state index contributed by atoms with van der Waals surface area (Å²) in [5.74, 6) is 0.600. The van der Waals surface area contributed by atoms with Gasteiger partial charge in [0.15, 0.2) is 5.76 Å². The highest BCUT2D eigenvalue weighted by Gasteiger charge is 2.33. The Balaban J connectivity index is 2.02. The van der Waals surface area contributed by atoms with E-state index >= 15 is 0 Å². The zero-order valence-corrected chi connectivity index (χ0v) is 13.6. The molecule has 0 saturated heterocycles. The van der Waals surface area contributed by atoms with Crippen molar-refractivity contribution in [1.82, 2.24) is 9.84 Å². The van der Waals surface area contributed by atoms with Gasteiger partial charge in [-0.1, -0.05) is 28.1 Å². The van der Waals surface area contributed by atoms with Crippen LogP contribution in [0.5, 0.6) is 0 Å². The molecule has 110 valence electrons. The summed E-state index contributed by atoms with van der Waals surface area (Å²) in [6.45, 7) is 0. The lowest BCUT2D eigenvalue weighted by Gasteiger charge is -2.22. The summed E-state index contributed by atoms with van der Waals surface area (Å²) in [6, 6.07) is 10.7. The molecule has 0 fully saturated rings. The summed E-state index contributed by atoms with van der Waals surface area (Å²) in [5, 5.41) is 0. The third-order valence-electron chi connectivity index (χ3n) is 3.16. The molecule has 2 heterocycles. The van der Waals surface area contributed by atoms with E-state index in [-0.39, 0.29) is 0 Å². The van der Waals surface area contributed by atoms with E-state index in [0.717, 1.165) is 10.0 Å². The highest BCUT2D eigenvalue weighted by atomic mass is 79.9. The lowest BCUT2D eigenvalue weighted by molar-refractivity contribution is 0.349. The van der Waals surface area contributed by atoms with Gasteiger partial charge < -0.3 is 9.84 Å². The van der Waals surface area contributed by atoms with Crippen LogP contribution in [-0.2, 0) is 10.0 Å². The monoisotopic (exact) mass is 368 g/mol. The first-order valence-electron chi connectivity index (χ1n) is 6.22. The molecular formula is C14H13BrN2O3S. The molecule has 7 heteroatoms. The maximum Gasteiger partial charge on any atom is 0.228 e. The fourth-order valence-electron chi connectivity index (χ4n) is 2.20. The number of hydrogen-bond acceptors (Lipinski definition) is 4. The number of hydrogen-bond donors (Lipinski definition) is 1. The summed E-state index contributed by atoms with van der Waals surface area (Å²) in [5.41, 5.74) is 4.41. The van der Waals surface area contributed by atoms with Gasteiger partial charge in [0.2, 0.25) is 10.0 Å². The topological polar surface area (TPSA) is 62.6 Å². The van der Waals surface area contributed by atoms with Crippen molar-refractivity contribution in [3.05, 3.63) is 64.5 Å². The standard InChI is InChI=1S/C14H13BrN2O3S/c1-21(18,19)17-13(10-4-6-11(15)7-5-10)9-12(16-17)14-3-2-8-20-14/h2-9,13,16H,1H3/t13-/m0/s1. The van der Waals surface area contributed by atoms with Crippen molar-refractivity contribution in [3.8, 4) is 0 Å². The molecule has 1 aliphatic rings. The Labute approximate surface area is 131 Å². The minimum atomic E-state index is -3.42. The summed E-state index contributed by atoms with van der Waals surface area (Å²) in [6.07, 6.45) is 4.56. The van der Waals surface area contributed by atoms with E-state index in [4.69, 9.17) is 4.42 Å². The van der Waals surface area contributed by atoms with Crippen LogP contribution in [0.2, 0.25) is 0 Å². The van der Waals surface area contributed by atoms with Crippen LogP contribution in [0.3, 0.4) is 0 Å². The highest BCUT2D eigenvalue weighted by molar-refractivity contribution is 9.10. The second-order valence-electron chi connectivity index (χ2n) is 4.72. The molecule has 0 amide bonds. The van der Waals surface area contributed by atoms with Crippen LogP contribution in [0.25, 0.3) is 5.70 Å². The van der Waals surface area contributed by atoms with E-state index in [1.807, 2.05) is 30.3 Å². The molecule has 2 aromatic rings. The average molecular weight is 369 g/mol. The van der Waals surface area contributed by atoms with E-state index < -0.39 is 16.1 Å².